The fourth-order valence-electron chi connectivity index (χ4n) is 4.76. The van der Waals surface area contributed by atoms with Crippen molar-refractivity contribution in [2.45, 2.75) is 38.1 Å². The Morgan fingerprint density at radius 3 is 2.36 bits per heavy atom. The quantitative estimate of drug-likeness (QED) is 0.188. The van der Waals surface area contributed by atoms with Crippen molar-refractivity contribution in [3.05, 3.63) is 103 Å². The van der Waals surface area contributed by atoms with Gasteiger partial charge in [0.2, 0.25) is 10.0 Å². The van der Waals surface area contributed by atoms with E-state index in [1.165, 1.54) is 10.4 Å². The third-order valence-corrected chi connectivity index (χ3v) is 9.65. The number of pyridine rings is 1. The normalized spacial score (nSPS) is 12.4. The van der Waals surface area contributed by atoms with Gasteiger partial charge in [-0.1, -0.05) is 35.9 Å². The summed E-state index contributed by atoms with van der Waals surface area (Å²) in [6, 6.07) is 13.6. The summed E-state index contributed by atoms with van der Waals surface area (Å²) in [5.74, 6) is -1.05. The lowest BCUT2D eigenvalue weighted by Gasteiger charge is -2.30. The number of sulfonamides is 1. The molecule has 1 unspecified atom stereocenters. The number of benzene rings is 2. The van der Waals surface area contributed by atoms with Gasteiger partial charge in [-0.05, 0) is 72.9 Å². The third kappa shape index (κ3) is 6.38. The summed E-state index contributed by atoms with van der Waals surface area (Å²) < 4.78 is 29.5. The van der Waals surface area contributed by atoms with Gasteiger partial charge in [-0.3, -0.25) is 19.4 Å². The molecular formula is C30H31ClN4O6S. The molecule has 0 aliphatic heterocycles. The minimum absolute atomic E-state index is 0.00415. The van der Waals surface area contributed by atoms with Gasteiger partial charge in [0.25, 0.3) is 10.9 Å². The SMILES string of the molecule is Cc1cnccc1-c1cccc(C(C)N(CCNc2c(NCCC(=O)O)c(=O)c2=O)S(=O)(=O)c2cccc(Cl)c2C)c1. The van der Waals surface area contributed by atoms with Crippen molar-refractivity contribution in [3.63, 3.8) is 0 Å². The molecule has 42 heavy (non-hydrogen) atoms. The number of hydrogen-bond donors (Lipinski definition) is 3. The summed E-state index contributed by atoms with van der Waals surface area (Å²) in [4.78, 5) is 39.3. The van der Waals surface area contributed by atoms with Crippen LogP contribution in [0.4, 0.5) is 11.4 Å². The van der Waals surface area contributed by atoms with Crippen LogP contribution in [-0.2, 0) is 14.8 Å². The first kappa shape index (κ1) is 30.9. The zero-order valence-corrected chi connectivity index (χ0v) is 24.9. The molecule has 12 heteroatoms. The highest BCUT2D eigenvalue weighted by molar-refractivity contribution is 7.89. The fraction of sp³-hybridized carbons (Fsp3) is 0.267. The summed E-state index contributed by atoms with van der Waals surface area (Å²) in [7, 11) is -4.09. The topological polar surface area (TPSA) is 146 Å². The number of aliphatic carboxylic acids is 1. The maximum Gasteiger partial charge on any atom is 0.305 e. The van der Waals surface area contributed by atoms with E-state index in [9.17, 15) is 22.8 Å². The van der Waals surface area contributed by atoms with Crippen LogP contribution >= 0.6 is 11.6 Å². The number of halogens is 1. The van der Waals surface area contributed by atoms with Crippen LogP contribution in [0.3, 0.4) is 0 Å². The molecule has 0 bridgehead atoms. The molecular weight excluding hydrogens is 580 g/mol. The van der Waals surface area contributed by atoms with Gasteiger partial charge in [0.1, 0.15) is 11.4 Å². The summed E-state index contributed by atoms with van der Waals surface area (Å²) in [6.45, 7) is 5.29. The number of nitrogens with one attached hydrogen (secondary N) is 2. The molecule has 1 heterocycles. The molecule has 4 aromatic rings. The van der Waals surface area contributed by atoms with Crippen LogP contribution in [0.1, 0.15) is 36.1 Å². The van der Waals surface area contributed by atoms with Gasteiger partial charge in [-0.15, -0.1) is 0 Å². The summed E-state index contributed by atoms with van der Waals surface area (Å²) in [5, 5.41) is 14.7. The Morgan fingerprint density at radius 2 is 1.69 bits per heavy atom. The molecule has 3 N–H and O–H groups in total. The molecule has 10 nitrogen and oxygen atoms in total. The maximum atomic E-state index is 14.1. The highest BCUT2D eigenvalue weighted by Crippen LogP contribution is 2.33. The number of rotatable bonds is 13. The minimum Gasteiger partial charge on any atom is -0.481 e. The zero-order chi connectivity index (χ0) is 30.6. The van der Waals surface area contributed by atoms with Crippen molar-refractivity contribution in [1.82, 2.24) is 9.29 Å². The van der Waals surface area contributed by atoms with Crippen LogP contribution in [0.2, 0.25) is 5.02 Å². The molecule has 0 radical (unpaired) electrons. The summed E-state index contributed by atoms with van der Waals surface area (Å²) in [6.07, 6.45) is 3.23. The van der Waals surface area contributed by atoms with E-state index in [1.807, 2.05) is 37.3 Å². The number of carbonyl (C=O) groups is 1. The minimum atomic E-state index is -4.09. The number of carboxylic acid groups (broad SMARTS) is 1. The van der Waals surface area contributed by atoms with Crippen molar-refractivity contribution >= 4 is 39.0 Å². The van der Waals surface area contributed by atoms with E-state index in [2.05, 4.69) is 15.6 Å². The fourth-order valence-corrected chi connectivity index (χ4v) is 6.86. The Hall–Kier alpha value is -4.06. The van der Waals surface area contributed by atoms with E-state index in [0.717, 1.165) is 22.3 Å². The summed E-state index contributed by atoms with van der Waals surface area (Å²) in [5.41, 5.74) is 2.53. The number of hydrogen-bond acceptors (Lipinski definition) is 8. The van der Waals surface area contributed by atoms with Gasteiger partial charge in [-0.2, -0.15) is 4.31 Å². The first-order valence-corrected chi connectivity index (χ1v) is 15.1. The van der Waals surface area contributed by atoms with Crippen molar-refractivity contribution in [3.8, 4) is 11.1 Å². The molecule has 4 rings (SSSR count). The second-order valence-corrected chi connectivity index (χ2v) is 12.1. The standard InChI is InChI=1S/C30H31ClN4O6S/c1-18-17-32-12-10-23(18)22-7-4-6-21(16-22)20(3)35(42(40,41)25-9-5-8-24(31)19(25)2)15-14-34-28-27(29(38)30(28)39)33-13-11-26(36)37/h4-10,12,16-17,20,33-34H,11,13-15H2,1-3H3,(H,36,37). The first-order valence-electron chi connectivity index (χ1n) is 13.2. The Kier molecular flexibility index (Phi) is 9.45. The average molecular weight is 611 g/mol. The lowest BCUT2D eigenvalue weighted by Crippen LogP contribution is -2.41. The number of nitrogens with zero attached hydrogens (tertiary/aromatic N) is 2. The van der Waals surface area contributed by atoms with Crippen LogP contribution in [0.5, 0.6) is 0 Å². The molecule has 0 saturated heterocycles. The second-order valence-electron chi connectivity index (χ2n) is 9.88. The third-order valence-electron chi connectivity index (χ3n) is 7.12. The lowest BCUT2D eigenvalue weighted by molar-refractivity contribution is -0.136. The van der Waals surface area contributed by atoms with E-state index >= 15 is 0 Å². The van der Waals surface area contributed by atoms with Crippen LogP contribution < -0.4 is 21.5 Å². The van der Waals surface area contributed by atoms with Crippen molar-refractivity contribution < 1.29 is 18.3 Å². The molecule has 0 fully saturated rings. The largest absolute Gasteiger partial charge is 0.481 e. The molecule has 1 atom stereocenters. The smallest absolute Gasteiger partial charge is 0.305 e. The number of anilines is 2. The van der Waals surface area contributed by atoms with E-state index in [1.54, 1.807) is 38.4 Å². The molecule has 0 amide bonds. The Labute approximate surface area is 248 Å². The highest BCUT2D eigenvalue weighted by Gasteiger charge is 2.32. The molecule has 1 aromatic heterocycles. The molecule has 0 spiro atoms. The van der Waals surface area contributed by atoms with Crippen molar-refractivity contribution in [1.29, 1.82) is 0 Å². The molecule has 0 aliphatic rings. The maximum absolute atomic E-state index is 14.1. The lowest BCUT2D eigenvalue weighted by atomic mass is 9.98. The van der Waals surface area contributed by atoms with Gasteiger partial charge >= 0.3 is 5.97 Å². The highest BCUT2D eigenvalue weighted by atomic mass is 35.5. The van der Waals surface area contributed by atoms with Crippen molar-refractivity contribution in [2.24, 2.45) is 0 Å². The Bertz CT molecular complexity index is 1800. The van der Waals surface area contributed by atoms with Gasteiger partial charge < -0.3 is 15.7 Å². The van der Waals surface area contributed by atoms with Crippen molar-refractivity contribution in [2.75, 3.05) is 30.3 Å². The van der Waals surface area contributed by atoms with E-state index in [4.69, 9.17) is 16.7 Å². The molecule has 0 aliphatic carbocycles. The average Bonchev–Trinajstić information content (AvgIpc) is 2.96. The van der Waals surface area contributed by atoms with Gasteiger partial charge in [0, 0.05) is 43.1 Å². The van der Waals surface area contributed by atoms with E-state index in [0.29, 0.717) is 10.6 Å². The molecule has 0 saturated carbocycles. The Balaban J connectivity index is 1.65. The Morgan fingerprint density at radius 1 is 1.02 bits per heavy atom. The van der Waals surface area contributed by atoms with Gasteiger partial charge in [0.05, 0.1) is 11.3 Å². The second kappa shape index (κ2) is 12.8. The molecule has 220 valence electrons. The van der Waals surface area contributed by atoms with E-state index < -0.39 is 32.9 Å². The zero-order valence-electron chi connectivity index (χ0n) is 23.3. The number of aromatic nitrogens is 1. The predicted molar refractivity (Wildman–Crippen MR) is 163 cm³/mol. The number of aryl methyl sites for hydroxylation is 1. The van der Waals surface area contributed by atoms with E-state index in [-0.39, 0.29) is 42.3 Å². The summed E-state index contributed by atoms with van der Waals surface area (Å²) >= 11 is 6.28. The van der Waals surface area contributed by atoms with Crippen LogP contribution in [0.15, 0.2) is 75.4 Å². The van der Waals surface area contributed by atoms with Crippen LogP contribution in [-0.4, -0.2) is 48.4 Å². The first-order chi connectivity index (χ1) is 19.9. The molecule has 3 aromatic carbocycles. The van der Waals surface area contributed by atoms with Gasteiger partial charge in [0.15, 0.2) is 0 Å². The predicted octanol–water partition coefficient (Wildman–Crippen LogP) is 4.37. The number of carboxylic acids is 1. The van der Waals surface area contributed by atoms with Crippen LogP contribution in [0.25, 0.3) is 11.1 Å². The van der Waals surface area contributed by atoms with Crippen LogP contribution in [0, 0.1) is 13.8 Å². The monoisotopic (exact) mass is 610 g/mol. The van der Waals surface area contributed by atoms with Gasteiger partial charge in [-0.25, -0.2) is 8.42 Å².